The molecule has 1 aromatic rings. The number of carbonyl (C=O) groups excluding carboxylic acids is 1. The molecule has 0 aromatic heterocycles. The second-order valence-corrected chi connectivity index (χ2v) is 4.89. The fourth-order valence-corrected chi connectivity index (χ4v) is 2.14. The molecule has 1 aliphatic heterocycles. The van der Waals surface area contributed by atoms with E-state index in [1.807, 2.05) is 0 Å². The van der Waals surface area contributed by atoms with Crippen molar-refractivity contribution in [3.05, 3.63) is 34.1 Å². The fraction of sp³-hybridized carbons (Fsp3) is 0.100. The molecule has 7 heteroatoms. The molecular formula is C10H7BrFN3OS. The van der Waals surface area contributed by atoms with Crippen LogP contribution in [0.25, 0.3) is 0 Å². The minimum absolute atomic E-state index is 0.0871. The highest BCUT2D eigenvalue weighted by molar-refractivity contribution is 9.10. The minimum Gasteiger partial charge on any atom is -0.303 e. The van der Waals surface area contributed by atoms with Gasteiger partial charge < -0.3 is 5.32 Å². The quantitative estimate of drug-likeness (QED) is 0.671. The number of thioether (sulfide) groups is 1. The molecule has 1 aliphatic rings. The second-order valence-electron chi connectivity index (χ2n) is 3.13. The maximum absolute atomic E-state index is 13.2. The van der Waals surface area contributed by atoms with E-state index >= 15 is 0 Å². The molecule has 1 fully saturated rings. The molecule has 0 atom stereocenters. The molecule has 0 spiro atoms. The predicted octanol–water partition coefficient (Wildman–Crippen LogP) is 2.14. The van der Waals surface area contributed by atoms with Crippen LogP contribution >= 0.6 is 27.7 Å². The summed E-state index contributed by atoms with van der Waals surface area (Å²) in [6.07, 6.45) is 1.42. The molecule has 0 aliphatic carbocycles. The molecule has 0 unspecified atom stereocenters. The molecule has 0 saturated carbocycles. The van der Waals surface area contributed by atoms with Crippen LogP contribution in [0.4, 0.5) is 4.39 Å². The molecule has 2 rings (SSSR count). The van der Waals surface area contributed by atoms with Crippen LogP contribution in [0.15, 0.2) is 32.9 Å². The summed E-state index contributed by atoms with van der Waals surface area (Å²) in [5, 5.41) is 10.6. The first-order valence-corrected chi connectivity index (χ1v) is 6.42. The number of carbonyl (C=O) groups is 1. The largest absolute Gasteiger partial charge is 0.303 e. The lowest BCUT2D eigenvalue weighted by atomic mass is 10.2. The van der Waals surface area contributed by atoms with Crippen molar-refractivity contribution in [2.75, 3.05) is 5.75 Å². The van der Waals surface area contributed by atoms with Gasteiger partial charge in [0.2, 0.25) is 5.91 Å². The van der Waals surface area contributed by atoms with Gasteiger partial charge in [0.15, 0.2) is 5.17 Å². The molecule has 4 nitrogen and oxygen atoms in total. The molecule has 17 heavy (non-hydrogen) atoms. The lowest BCUT2D eigenvalue weighted by Gasteiger charge is -1.97. The Morgan fingerprint density at radius 1 is 1.53 bits per heavy atom. The highest BCUT2D eigenvalue weighted by Gasteiger charge is 2.15. The lowest BCUT2D eigenvalue weighted by molar-refractivity contribution is -0.116. The Bertz CT molecular complexity index is 518. The van der Waals surface area contributed by atoms with Gasteiger partial charge in [-0.05, 0) is 22.0 Å². The van der Waals surface area contributed by atoms with Crippen LogP contribution < -0.4 is 5.32 Å². The Balaban J connectivity index is 2.11. The van der Waals surface area contributed by atoms with Crippen LogP contribution in [-0.2, 0) is 4.79 Å². The van der Waals surface area contributed by atoms with Crippen LogP contribution in [0.1, 0.15) is 5.56 Å². The Kier molecular flexibility index (Phi) is 3.90. The molecule has 0 radical (unpaired) electrons. The average Bonchev–Trinajstić information content (AvgIpc) is 2.70. The van der Waals surface area contributed by atoms with E-state index < -0.39 is 0 Å². The zero-order chi connectivity index (χ0) is 12.3. The second kappa shape index (κ2) is 5.42. The first-order valence-electron chi connectivity index (χ1n) is 4.64. The maximum atomic E-state index is 13.2. The number of nitrogens with one attached hydrogen (secondary N) is 1. The first-order chi connectivity index (χ1) is 8.16. The number of hydrogen-bond acceptors (Lipinski definition) is 4. The molecule has 1 heterocycles. The standard InChI is InChI=1S/C10H7BrFN3OS/c11-9-6(2-1-3-7(9)12)4-13-15-10-14-8(16)5-17-10/h1-4H,5H2,(H,14,15,16). The molecule has 0 bridgehead atoms. The van der Waals surface area contributed by atoms with Crippen molar-refractivity contribution in [1.29, 1.82) is 0 Å². The monoisotopic (exact) mass is 315 g/mol. The number of amides is 1. The van der Waals surface area contributed by atoms with Gasteiger partial charge in [-0.25, -0.2) is 4.39 Å². The van der Waals surface area contributed by atoms with E-state index in [0.29, 0.717) is 21.0 Å². The molecular weight excluding hydrogens is 309 g/mol. The molecule has 1 aromatic carbocycles. The average molecular weight is 316 g/mol. The van der Waals surface area contributed by atoms with Crippen LogP contribution in [0.2, 0.25) is 0 Å². The topological polar surface area (TPSA) is 53.8 Å². The third-order valence-corrected chi connectivity index (χ3v) is 3.61. The third-order valence-electron chi connectivity index (χ3n) is 1.91. The lowest BCUT2D eigenvalue weighted by Crippen LogP contribution is -2.19. The number of amidine groups is 1. The third kappa shape index (κ3) is 3.13. The maximum Gasteiger partial charge on any atom is 0.236 e. The van der Waals surface area contributed by atoms with Gasteiger partial charge in [0, 0.05) is 5.56 Å². The zero-order valence-electron chi connectivity index (χ0n) is 8.48. The molecule has 1 amide bonds. The van der Waals surface area contributed by atoms with Crippen molar-refractivity contribution >= 4 is 45.0 Å². The summed E-state index contributed by atoms with van der Waals surface area (Å²) in [6.45, 7) is 0. The van der Waals surface area contributed by atoms with Crippen LogP contribution in [0.3, 0.4) is 0 Å². The summed E-state index contributed by atoms with van der Waals surface area (Å²) in [4.78, 5) is 10.9. The number of halogens is 2. The van der Waals surface area contributed by atoms with Gasteiger partial charge >= 0.3 is 0 Å². The summed E-state index contributed by atoms with van der Waals surface area (Å²) in [6, 6.07) is 4.64. The zero-order valence-corrected chi connectivity index (χ0v) is 10.9. The highest BCUT2D eigenvalue weighted by atomic mass is 79.9. The van der Waals surface area contributed by atoms with Crippen molar-refractivity contribution in [1.82, 2.24) is 5.32 Å². The summed E-state index contributed by atoms with van der Waals surface area (Å²) in [5.41, 5.74) is 0.587. The Labute approximate surface area is 110 Å². The summed E-state index contributed by atoms with van der Waals surface area (Å²) >= 11 is 4.40. The van der Waals surface area contributed by atoms with Gasteiger partial charge in [0.05, 0.1) is 16.4 Å². The van der Waals surface area contributed by atoms with E-state index in [4.69, 9.17) is 0 Å². The van der Waals surface area contributed by atoms with Crippen molar-refractivity contribution in [3.63, 3.8) is 0 Å². The number of hydrogen-bond donors (Lipinski definition) is 1. The molecule has 88 valence electrons. The summed E-state index contributed by atoms with van der Waals surface area (Å²) < 4.78 is 13.5. The number of benzene rings is 1. The van der Waals surface area contributed by atoms with Crippen molar-refractivity contribution in [2.45, 2.75) is 0 Å². The van der Waals surface area contributed by atoms with E-state index in [1.54, 1.807) is 12.1 Å². The normalized spacial score (nSPS) is 18.0. The van der Waals surface area contributed by atoms with Gasteiger partial charge in [-0.2, -0.15) is 5.10 Å². The van der Waals surface area contributed by atoms with Gasteiger partial charge in [-0.1, -0.05) is 23.9 Å². The van der Waals surface area contributed by atoms with E-state index in [9.17, 15) is 9.18 Å². The van der Waals surface area contributed by atoms with Gasteiger partial charge in [-0.3, -0.25) is 4.79 Å². The van der Waals surface area contributed by atoms with Crippen LogP contribution in [0.5, 0.6) is 0 Å². The Morgan fingerprint density at radius 3 is 3.06 bits per heavy atom. The summed E-state index contributed by atoms with van der Waals surface area (Å²) in [7, 11) is 0. The van der Waals surface area contributed by atoms with Gasteiger partial charge in [0.25, 0.3) is 0 Å². The number of nitrogens with zero attached hydrogens (tertiary/aromatic N) is 2. The molecule has 1 saturated heterocycles. The Hall–Kier alpha value is -1.21. The van der Waals surface area contributed by atoms with E-state index in [0.717, 1.165) is 0 Å². The SMILES string of the molecule is O=C1CSC(=NN=Cc2cccc(F)c2Br)N1. The van der Waals surface area contributed by atoms with Crippen LogP contribution in [0, 0.1) is 5.82 Å². The highest BCUT2D eigenvalue weighted by Crippen LogP contribution is 2.18. The smallest absolute Gasteiger partial charge is 0.236 e. The van der Waals surface area contributed by atoms with Crippen LogP contribution in [-0.4, -0.2) is 23.0 Å². The van der Waals surface area contributed by atoms with E-state index in [2.05, 4.69) is 31.4 Å². The minimum atomic E-state index is -0.356. The summed E-state index contributed by atoms with van der Waals surface area (Å²) in [5.74, 6) is -0.0843. The van der Waals surface area contributed by atoms with E-state index in [-0.39, 0.29) is 11.7 Å². The van der Waals surface area contributed by atoms with E-state index in [1.165, 1.54) is 24.0 Å². The number of rotatable bonds is 2. The molecule has 1 N–H and O–H groups in total. The first kappa shape index (κ1) is 12.3. The van der Waals surface area contributed by atoms with Crippen molar-refractivity contribution < 1.29 is 9.18 Å². The van der Waals surface area contributed by atoms with Crippen molar-refractivity contribution in [2.24, 2.45) is 10.2 Å². The Morgan fingerprint density at radius 2 is 2.35 bits per heavy atom. The van der Waals surface area contributed by atoms with Gasteiger partial charge in [-0.15, -0.1) is 5.10 Å². The predicted molar refractivity (Wildman–Crippen MR) is 69.7 cm³/mol. The van der Waals surface area contributed by atoms with Gasteiger partial charge in [0.1, 0.15) is 5.82 Å². The van der Waals surface area contributed by atoms with Crippen molar-refractivity contribution in [3.8, 4) is 0 Å². The fourth-order valence-electron chi connectivity index (χ4n) is 1.14.